The second kappa shape index (κ2) is 5.81. The van der Waals surface area contributed by atoms with Gasteiger partial charge in [0.1, 0.15) is 5.01 Å². The van der Waals surface area contributed by atoms with Crippen LogP contribution < -0.4 is 9.47 Å². The Kier molecular flexibility index (Phi) is 3.85. The third kappa shape index (κ3) is 2.46. The van der Waals surface area contributed by atoms with Crippen LogP contribution >= 0.6 is 11.3 Å². The number of methoxy groups -OCH3 is 2. The molecule has 22 heavy (non-hydrogen) atoms. The molecule has 0 aliphatic carbocycles. The molecule has 0 amide bonds. The van der Waals surface area contributed by atoms with E-state index in [2.05, 4.69) is 5.10 Å². The molecular formula is C16H17N3O2S. The number of aromatic nitrogens is 3. The Hall–Kier alpha value is -2.34. The van der Waals surface area contributed by atoms with Crippen molar-refractivity contribution in [1.29, 1.82) is 0 Å². The second-order valence-electron chi connectivity index (χ2n) is 4.88. The summed E-state index contributed by atoms with van der Waals surface area (Å²) in [7, 11) is 5.18. The van der Waals surface area contributed by atoms with Crippen LogP contribution in [0.4, 0.5) is 0 Å². The van der Waals surface area contributed by atoms with Crippen molar-refractivity contribution in [3.05, 3.63) is 35.5 Å². The smallest absolute Gasteiger partial charge is 0.170 e. The Morgan fingerprint density at radius 1 is 1.14 bits per heavy atom. The zero-order valence-electron chi connectivity index (χ0n) is 13.0. The number of hydrogen-bond acceptors (Lipinski definition) is 5. The van der Waals surface area contributed by atoms with Gasteiger partial charge in [0.2, 0.25) is 0 Å². The molecule has 0 aliphatic rings. The quantitative estimate of drug-likeness (QED) is 0.739. The molecule has 0 unspecified atom stereocenters. The van der Waals surface area contributed by atoms with Crippen molar-refractivity contribution in [2.24, 2.45) is 7.05 Å². The summed E-state index contributed by atoms with van der Waals surface area (Å²) in [4.78, 5) is 4.74. The normalized spacial score (nSPS) is 10.7. The lowest BCUT2D eigenvalue weighted by atomic mass is 10.2. The molecule has 0 N–H and O–H groups in total. The van der Waals surface area contributed by atoms with Crippen LogP contribution in [0.2, 0.25) is 0 Å². The standard InChI is InChI=1S/C16H17N3O2S/c1-10-12(8-19(2)18-10)13-9-22-16(17-13)11-6-5-7-14(20-3)15(11)21-4/h5-9H,1-4H3. The first-order valence-electron chi connectivity index (χ1n) is 6.81. The monoisotopic (exact) mass is 315 g/mol. The van der Waals surface area contributed by atoms with E-state index >= 15 is 0 Å². The van der Waals surface area contributed by atoms with E-state index in [0.717, 1.165) is 27.5 Å². The molecule has 2 aromatic heterocycles. The fourth-order valence-electron chi connectivity index (χ4n) is 2.43. The fraction of sp³-hybridized carbons (Fsp3) is 0.250. The van der Waals surface area contributed by atoms with Gasteiger partial charge in [-0.3, -0.25) is 4.68 Å². The van der Waals surface area contributed by atoms with E-state index in [1.807, 2.05) is 43.7 Å². The maximum Gasteiger partial charge on any atom is 0.170 e. The van der Waals surface area contributed by atoms with E-state index in [9.17, 15) is 0 Å². The minimum atomic E-state index is 0.703. The molecule has 114 valence electrons. The van der Waals surface area contributed by atoms with E-state index < -0.39 is 0 Å². The Bertz CT molecular complexity index is 808. The van der Waals surface area contributed by atoms with E-state index in [-0.39, 0.29) is 0 Å². The van der Waals surface area contributed by atoms with Crippen LogP contribution in [0.5, 0.6) is 11.5 Å². The van der Waals surface area contributed by atoms with Gasteiger partial charge in [0, 0.05) is 24.2 Å². The van der Waals surface area contributed by atoms with Crippen LogP contribution in [-0.4, -0.2) is 29.0 Å². The number of thiazole rings is 1. The molecule has 0 saturated carbocycles. The van der Waals surface area contributed by atoms with Gasteiger partial charge in [-0.05, 0) is 19.1 Å². The number of para-hydroxylation sites is 1. The molecule has 0 fully saturated rings. The van der Waals surface area contributed by atoms with E-state index in [1.54, 1.807) is 30.2 Å². The molecule has 0 radical (unpaired) electrons. The number of ether oxygens (including phenoxy) is 2. The Morgan fingerprint density at radius 2 is 1.95 bits per heavy atom. The predicted octanol–water partition coefficient (Wildman–Crippen LogP) is 3.54. The maximum absolute atomic E-state index is 5.49. The summed E-state index contributed by atoms with van der Waals surface area (Å²) in [5.74, 6) is 1.41. The Balaban J connectivity index is 2.06. The highest BCUT2D eigenvalue weighted by molar-refractivity contribution is 7.13. The summed E-state index contributed by atoms with van der Waals surface area (Å²) in [6.07, 6.45) is 1.98. The third-order valence-corrected chi connectivity index (χ3v) is 4.30. The first-order chi connectivity index (χ1) is 10.6. The number of hydrogen-bond donors (Lipinski definition) is 0. The third-order valence-electron chi connectivity index (χ3n) is 3.43. The van der Waals surface area contributed by atoms with Crippen LogP contribution in [0.1, 0.15) is 5.69 Å². The highest BCUT2D eigenvalue weighted by Gasteiger charge is 2.16. The van der Waals surface area contributed by atoms with Crippen molar-refractivity contribution in [1.82, 2.24) is 14.8 Å². The van der Waals surface area contributed by atoms with Crippen LogP contribution in [0.3, 0.4) is 0 Å². The van der Waals surface area contributed by atoms with Gasteiger partial charge in [-0.15, -0.1) is 11.3 Å². The van der Waals surface area contributed by atoms with E-state index in [0.29, 0.717) is 11.5 Å². The average Bonchev–Trinajstić information content (AvgIpc) is 3.12. The molecule has 0 atom stereocenters. The molecule has 1 aromatic carbocycles. The molecule has 0 aliphatic heterocycles. The minimum Gasteiger partial charge on any atom is -0.493 e. The number of rotatable bonds is 4. The van der Waals surface area contributed by atoms with E-state index in [4.69, 9.17) is 14.5 Å². The highest BCUT2D eigenvalue weighted by Crippen LogP contribution is 2.40. The molecule has 0 bridgehead atoms. The summed E-state index contributed by atoms with van der Waals surface area (Å²) in [5, 5.41) is 7.30. The molecule has 0 saturated heterocycles. The van der Waals surface area contributed by atoms with Crippen LogP contribution in [-0.2, 0) is 7.05 Å². The zero-order valence-corrected chi connectivity index (χ0v) is 13.8. The summed E-state index contributed by atoms with van der Waals surface area (Å²) < 4.78 is 12.6. The molecule has 2 heterocycles. The number of benzene rings is 1. The van der Waals surface area contributed by atoms with Crippen molar-refractivity contribution in [3.8, 4) is 33.3 Å². The minimum absolute atomic E-state index is 0.703. The van der Waals surface area contributed by atoms with Crippen LogP contribution in [0.25, 0.3) is 21.8 Å². The Morgan fingerprint density at radius 3 is 2.59 bits per heavy atom. The first kappa shape index (κ1) is 14.6. The van der Waals surface area contributed by atoms with Gasteiger partial charge in [-0.2, -0.15) is 5.10 Å². The van der Waals surface area contributed by atoms with Crippen molar-refractivity contribution in [2.75, 3.05) is 14.2 Å². The maximum atomic E-state index is 5.49. The van der Waals surface area contributed by atoms with Crippen molar-refractivity contribution in [3.63, 3.8) is 0 Å². The number of aryl methyl sites for hydroxylation is 2. The average molecular weight is 315 g/mol. The topological polar surface area (TPSA) is 49.2 Å². The SMILES string of the molecule is COc1cccc(-c2nc(-c3cn(C)nc3C)cs2)c1OC. The molecule has 3 rings (SSSR count). The molecule has 0 spiro atoms. The molecule has 3 aromatic rings. The van der Waals surface area contributed by atoms with Gasteiger partial charge >= 0.3 is 0 Å². The lowest BCUT2D eigenvalue weighted by molar-refractivity contribution is 0.356. The number of nitrogens with zero attached hydrogens (tertiary/aromatic N) is 3. The highest BCUT2D eigenvalue weighted by atomic mass is 32.1. The summed E-state index contributed by atoms with van der Waals surface area (Å²) in [6, 6.07) is 5.80. The lowest BCUT2D eigenvalue weighted by Gasteiger charge is -2.10. The van der Waals surface area contributed by atoms with E-state index in [1.165, 1.54) is 0 Å². The van der Waals surface area contributed by atoms with Crippen LogP contribution in [0, 0.1) is 6.92 Å². The van der Waals surface area contributed by atoms with Crippen molar-refractivity contribution >= 4 is 11.3 Å². The summed E-state index contributed by atoms with van der Waals surface area (Å²) in [6.45, 7) is 1.99. The zero-order chi connectivity index (χ0) is 15.7. The van der Waals surface area contributed by atoms with Gasteiger partial charge in [0.15, 0.2) is 11.5 Å². The fourth-order valence-corrected chi connectivity index (χ4v) is 3.27. The van der Waals surface area contributed by atoms with Gasteiger partial charge < -0.3 is 9.47 Å². The van der Waals surface area contributed by atoms with Gasteiger partial charge in [-0.1, -0.05) is 6.07 Å². The van der Waals surface area contributed by atoms with Gasteiger partial charge in [0.25, 0.3) is 0 Å². The second-order valence-corrected chi connectivity index (χ2v) is 5.74. The van der Waals surface area contributed by atoms with Crippen LogP contribution in [0.15, 0.2) is 29.8 Å². The van der Waals surface area contributed by atoms with Crippen molar-refractivity contribution in [2.45, 2.75) is 6.92 Å². The first-order valence-corrected chi connectivity index (χ1v) is 7.69. The molecule has 5 nitrogen and oxygen atoms in total. The summed E-state index contributed by atoms with van der Waals surface area (Å²) >= 11 is 1.58. The lowest BCUT2D eigenvalue weighted by Crippen LogP contribution is -1.92. The predicted molar refractivity (Wildman–Crippen MR) is 87.6 cm³/mol. The molecular weight excluding hydrogens is 298 g/mol. The Labute approximate surface area is 133 Å². The largest absolute Gasteiger partial charge is 0.493 e. The summed E-state index contributed by atoms with van der Waals surface area (Å²) in [5.41, 5.74) is 3.87. The molecule has 6 heteroatoms. The van der Waals surface area contributed by atoms with Gasteiger partial charge in [-0.25, -0.2) is 4.98 Å². The van der Waals surface area contributed by atoms with Crippen molar-refractivity contribution < 1.29 is 9.47 Å². The van der Waals surface area contributed by atoms with Gasteiger partial charge in [0.05, 0.1) is 31.2 Å².